The number of rotatable bonds is 7. The number of para-hydroxylation sites is 4. The Hall–Kier alpha value is -7.60. The maximum absolute atomic E-state index is 6.79. The first kappa shape index (κ1) is 34.6. The van der Waals surface area contributed by atoms with Gasteiger partial charge in [-0.2, -0.15) is 0 Å². The van der Waals surface area contributed by atoms with Gasteiger partial charge in [-0.15, -0.1) is 0 Å². The number of nitrogens with two attached hydrogens (primary N) is 1. The molecule has 2 aromatic heterocycles. The molecule has 0 saturated carbocycles. The second kappa shape index (κ2) is 14.4. The third kappa shape index (κ3) is 5.99. The van der Waals surface area contributed by atoms with Gasteiger partial charge in [0.25, 0.3) is 0 Å². The Labute approximate surface area is 343 Å². The van der Waals surface area contributed by atoms with E-state index in [1.54, 1.807) is 0 Å². The van der Waals surface area contributed by atoms with E-state index >= 15 is 0 Å². The molecule has 280 valence electrons. The van der Waals surface area contributed by atoms with Crippen molar-refractivity contribution in [2.45, 2.75) is 12.5 Å². The number of aromatic nitrogens is 3. The molecule has 0 radical (unpaired) electrons. The highest BCUT2D eigenvalue weighted by molar-refractivity contribution is 6.13. The van der Waals surface area contributed by atoms with E-state index in [4.69, 9.17) is 15.7 Å². The first-order valence-corrected chi connectivity index (χ1v) is 20.1. The van der Waals surface area contributed by atoms with Crippen molar-refractivity contribution in [2.75, 3.05) is 4.90 Å². The van der Waals surface area contributed by atoms with E-state index in [0.29, 0.717) is 5.82 Å². The molecule has 0 amide bonds. The van der Waals surface area contributed by atoms with Crippen LogP contribution in [0.5, 0.6) is 0 Å². The standard InChI is InChI=1S/C54H39N5/c55-46(34-36-16-3-1-4-17-36)37-30-32-40(33-31-37)59-49-28-13-9-24-44(49)51-43-23-8-12-27-48(43)58(50-29-14-10-25-45(50)53(51)59)41-21-15-20-39(35-41)54-56-47-26-11-7-22-42(47)52(57-54)38-18-5-2-6-19-38/h1-33,35,46H,34,55H2/t46-/m1/s1. The molecule has 5 nitrogen and oxygen atoms in total. The Morgan fingerprint density at radius 1 is 0.492 bits per heavy atom. The number of fused-ring (bicyclic) bond motifs is 8. The van der Waals surface area contributed by atoms with Crippen LogP contribution in [-0.2, 0) is 6.42 Å². The van der Waals surface area contributed by atoms with Crippen LogP contribution in [0.3, 0.4) is 0 Å². The van der Waals surface area contributed by atoms with Gasteiger partial charge in [0.05, 0.1) is 33.8 Å². The van der Waals surface area contributed by atoms with Crippen LogP contribution >= 0.6 is 0 Å². The van der Waals surface area contributed by atoms with E-state index in [2.05, 4.69) is 198 Å². The fraction of sp³-hybridized carbons (Fsp3) is 0.0370. The van der Waals surface area contributed by atoms with E-state index in [1.165, 1.54) is 16.5 Å². The normalized spacial score (nSPS) is 12.5. The second-order valence-corrected chi connectivity index (χ2v) is 15.2. The molecule has 2 N–H and O–H groups in total. The third-order valence-corrected chi connectivity index (χ3v) is 11.6. The minimum atomic E-state index is -0.105. The molecule has 59 heavy (non-hydrogen) atoms. The van der Waals surface area contributed by atoms with Gasteiger partial charge in [-0.25, -0.2) is 9.97 Å². The number of hydrogen-bond acceptors (Lipinski definition) is 4. The van der Waals surface area contributed by atoms with Gasteiger partial charge >= 0.3 is 0 Å². The highest BCUT2D eigenvalue weighted by Crippen LogP contribution is 2.54. The Bertz CT molecular complexity index is 3150. The Balaban J connectivity index is 1.08. The Kier molecular flexibility index (Phi) is 8.46. The summed E-state index contributed by atoms with van der Waals surface area (Å²) in [6.07, 6.45) is 0.782. The zero-order chi connectivity index (χ0) is 39.3. The van der Waals surface area contributed by atoms with Crippen molar-refractivity contribution in [3.63, 3.8) is 0 Å². The molecular formula is C54H39N5. The predicted molar refractivity (Wildman–Crippen MR) is 243 cm³/mol. The summed E-state index contributed by atoms with van der Waals surface area (Å²) < 4.78 is 2.43. The maximum Gasteiger partial charge on any atom is 0.160 e. The van der Waals surface area contributed by atoms with Crippen LogP contribution < -0.4 is 10.6 Å². The van der Waals surface area contributed by atoms with Gasteiger partial charge in [-0.3, -0.25) is 0 Å². The molecule has 0 spiro atoms. The molecule has 0 saturated heterocycles. The van der Waals surface area contributed by atoms with E-state index in [1.807, 2.05) is 18.2 Å². The predicted octanol–water partition coefficient (Wildman–Crippen LogP) is 13.3. The van der Waals surface area contributed by atoms with Crippen molar-refractivity contribution in [1.29, 1.82) is 0 Å². The van der Waals surface area contributed by atoms with Gasteiger partial charge in [0.2, 0.25) is 0 Å². The lowest BCUT2D eigenvalue weighted by Gasteiger charge is -2.28. The molecule has 8 aromatic carbocycles. The van der Waals surface area contributed by atoms with Crippen molar-refractivity contribution < 1.29 is 0 Å². The van der Waals surface area contributed by atoms with E-state index in [9.17, 15) is 0 Å². The molecule has 11 rings (SSSR count). The first-order valence-electron chi connectivity index (χ1n) is 20.1. The van der Waals surface area contributed by atoms with Gasteiger partial charge < -0.3 is 15.2 Å². The monoisotopic (exact) mass is 757 g/mol. The average molecular weight is 758 g/mol. The Morgan fingerprint density at radius 2 is 1.12 bits per heavy atom. The van der Waals surface area contributed by atoms with Gasteiger partial charge in [0, 0.05) is 56.0 Å². The number of nitrogens with zero attached hydrogens (tertiary/aromatic N) is 4. The molecule has 0 aliphatic carbocycles. The quantitative estimate of drug-likeness (QED) is 0.176. The third-order valence-electron chi connectivity index (χ3n) is 11.6. The molecule has 1 aliphatic rings. The molecule has 3 heterocycles. The van der Waals surface area contributed by atoms with E-state index < -0.39 is 0 Å². The SMILES string of the molecule is N[C@H](Cc1ccccc1)c1ccc(-n2c3c(c4ccccc42)-c2ccccc2N(c2cccc(-c4nc(-c5ccccc5)c5ccccc5n4)c2)c2ccccc2-3)cc1. The van der Waals surface area contributed by atoms with Gasteiger partial charge in [0.15, 0.2) is 5.82 Å². The summed E-state index contributed by atoms with van der Waals surface area (Å²) in [6.45, 7) is 0. The van der Waals surface area contributed by atoms with Crippen LogP contribution in [0.25, 0.3) is 72.5 Å². The van der Waals surface area contributed by atoms with Crippen LogP contribution in [0.15, 0.2) is 206 Å². The lowest BCUT2D eigenvalue weighted by atomic mass is 9.98. The highest BCUT2D eigenvalue weighted by atomic mass is 15.2. The first-order chi connectivity index (χ1) is 29.2. The molecule has 0 unspecified atom stereocenters. The van der Waals surface area contributed by atoms with Crippen LogP contribution in [0.2, 0.25) is 0 Å². The van der Waals surface area contributed by atoms with Gasteiger partial charge in [-0.1, -0.05) is 158 Å². The molecule has 0 bridgehead atoms. The van der Waals surface area contributed by atoms with E-state index in [0.717, 1.165) is 84.8 Å². The molecule has 5 heteroatoms. The maximum atomic E-state index is 6.79. The lowest BCUT2D eigenvalue weighted by molar-refractivity contribution is 0.722. The Morgan fingerprint density at radius 3 is 1.92 bits per heavy atom. The fourth-order valence-electron chi connectivity index (χ4n) is 8.85. The largest absolute Gasteiger partial charge is 0.324 e. The summed E-state index contributed by atoms with van der Waals surface area (Å²) in [6, 6.07) is 72.8. The van der Waals surface area contributed by atoms with Crippen molar-refractivity contribution in [3.8, 4) is 50.7 Å². The van der Waals surface area contributed by atoms with Crippen molar-refractivity contribution >= 4 is 38.9 Å². The number of benzene rings is 8. The molecular weight excluding hydrogens is 719 g/mol. The number of anilines is 3. The number of hydrogen-bond donors (Lipinski definition) is 1. The minimum Gasteiger partial charge on any atom is -0.324 e. The molecule has 1 aliphatic heterocycles. The van der Waals surface area contributed by atoms with Crippen LogP contribution in [0.4, 0.5) is 17.1 Å². The summed E-state index contributed by atoms with van der Waals surface area (Å²) >= 11 is 0. The highest BCUT2D eigenvalue weighted by Gasteiger charge is 2.31. The minimum absolute atomic E-state index is 0.105. The average Bonchev–Trinajstić information content (AvgIpc) is 3.58. The van der Waals surface area contributed by atoms with Crippen molar-refractivity contribution in [3.05, 3.63) is 217 Å². The summed E-state index contributed by atoms with van der Waals surface area (Å²) in [5.74, 6) is 0.688. The lowest BCUT2D eigenvalue weighted by Crippen LogP contribution is -2.13. The zero-order valence-electron chi connectivity index (χ0n) is 32.3. The van der Waals surface area contributed by atoms with Crippen molar-refractivity contribution in [2.24, 2.45) is 5.73 Å². The van der Waals surface area contributed by atoms with Crippen LogP contribution in [-0.4, -0.2) is 14.5 Å². The van der Waals surface area contributed by atoms with Crippen molar-refractivity contribution in [1.82, 2.24) is 14.5 Å². The molecule has 10 aromatic rings. The van der Waals surface area contributed by atoms with Gasteiger partial charge in [-0.05, 0) is 66.1 Å². The topological polar surface area (TPSA) is 60.0 Å². The van der Waals surface area contributed by atoms with E-state index in [-0.39, 0.29) is 6.04 Å². The zero-order valence-corrected chi connectivity index (χ0v) is 32.3. The summed E-state index contributed by atoms with van der Waals surface area (Å²) in [5, 5.41) is 2.23. The van der Waals surface area contributed by atoms with Crippen LogP contribution in [0.1, 0.15) is 17.2 Å². The summed E-state index contributed by atoms with van der Waals surface area (Å²) in [5.41, 5.74) is 23.1. The van der Waals surface area contributed by atoms with Crippen LogP contribution in [0, 0.1) is 0 Å². The molecule has 0 fully saturated rings. The molecule has 1 atom stereocenters. The summed E-state index contributed by atoms with van der Waals surface area (Å²) in [4.78, 5) is 12.8. The smallest absolute Gasteiger partial charge is 0.160 e. The summed E-state index contributed by atoms with van der Waals surface area (Å²) in [7, 11) is 0. The fourth-order valence-corrected chi connectivity index (χ4v) is 8.85. The van der Waals surface area contributed by atoms with Gasteiger partial charge in [0.1, 0.15) is 0 Å². The second-order valence-electron chi connectivity index (χ2n) is 15.2.